The molecule has 0 rings (SSSR count). The molecule has 20 heavy (non-hydrogen) atoms. The Balaban J connectivity index is -0.000000221. The van der Waals surface area contributed by atoms with Crippen molar-refractivity contribution < 1.29 is 26.7 Å². The van der Waals surface area contributed by atoms with E-state index < -0.39 is 10.4 Å². The minimum atomic E-state index is -4.16. The van der Waals surface area contributed by atoms with Gasteiger partial charge in [-0.3, -0.25) is 8.74 Å². The Morgan fingerprint density at radius 1 is 1.30 bits per heavy atom. The summed E-state index contributed by atoms with van der Waals surface area (Å²) in [6.07, 6.45) is 2.22. The minimum Gasteiger partial charge on any atom is -0.463 e. The molecule has 0 saturated carbocycles. The zero-order chi connectivity index (χ0) is 16.8. The molecule has 0 saturated heterocycles. The second-order valence-electron chi connectivity index (χ2n) is 3.67. The van der Waals surface area contributed by atoms with Gasteiger partial charge in [0.1, 0.15) is 0 Å². The summed E-state index contributed by atoms with van der Waals surface area (Å²) in [6.45, 7) is 11.4. The van der Waals surface area contributed by atoms with Crippen LogP contribution in [0.4, 0.5) is 0 Å². The Bertz CT molecular complexity index is 349. The van der Waals surface area contributed by atoms with Crippen molar-refractivity contribution in [2.75, 3.05) is 13.7 Å². The molecule has 8 heteroatoms. The molecule has 0 aliphatic carbocycles. The highest BCUT2D eigenvalue weighted by Gasteiger charge is 1.98. The lowest BCUT2D eigenvalue weighted by atomic mass is 10.2. The summed E-state index contributed by atoms with van der Waals surface area (Å²) in [5.74, 6) is -0.312. The average Bonchev–Trinajstić information content (AvgIpc) is 2.38. The molecule has 3 N–H and O–H groups in total. The largest absolute Gasteiger partial charge is 0.463 e. The van der Waals surface area contributed by atoms with Gasteiger partial charge in [-0.15, -0.1) is 0 Å². The van der Waals surface area contributed by atoms with Gasteiger partial charge in [0.15, 0.2) is 0 Å². The van der Waals surface area contributed by atoms with Gasteiger partial charge in [0.2, 0.25) is 0 Å². The van der Waals surface area contributed by atoms with E-state index in [1.54, 1.807) is 13.8 Å². The third-order valence-electron chi connectivity index (χ3n) is 1.88. The van der Waals surface area contributed by atoms with Crippen LogP contribution >= 0.6 is 0 Å². The van der Waals surface area contributed by atoms with E-state index in [2.05, 4.69) is 29.3 Å². The molecule has 0 radical (unpaired) electrons. The van der Waals surface area contributed by atoms with E-state index in [4.69, 9.17) is 10.3 Å². The summed E-state index contributed by atoms with van der Waals surface area (Å²) in [4.78, 5) is 10.4. The van der Waals surface area contributed by atoms with Crippen molar-refractivity contribution in [3.05, 3.63) is 12.2 Å². The smallest absolute Gasteiger partial charge is 0.397 e. The number of rotatable bonds is 5. The maximum Gasteiger partial charge on any atom is 0.397 e. The molecule has 0 aliphatic rings. The Morgan fingerprint density at radius 3 is 1.70 bits per heavy atom. The predicted octanol–water partition coefficient (Wildman–Crippen LogP) is 1.69. The summed E-state index contributed by atoms with van der Waals surface area (Å²) in [5.41, 5.74) is 5.92. The predicted molar refractivity (Wildman–Crippen MR) is 78.6 cm³/mol. The molecule has 0 unspecified atom stereocenters. The van der Waals surface area contributed by atoms with Crippen molar-refractivity contribution in [3.63, 3.8) is 0 Å². The number of ether oxygens (including phenoxy) is 1. The molecular formula is C12H27NO6S. The third-order valence-corrected chi connectivity index (χ3v) is 2.30. The lowest BCUT2D eigenvalue weighted by Gasteiger charge is -1.99. The third kappa shape index (κ3) is 25.8. The fraction of sp³-hybridized carbons (Fsp3) is 0.750. The number of nitrogens with two attached hydrogens (primary N) is 1. The Kier molecular flexibility index (Phi) is 17.4. The molecule has 0 spiro atoms. The van der Waals surface area contributed by atoms with Gasteiger partial charge in [0.25, 0.3) is 0 Å². The maximum absolute atomic E-state index is 10.4. The SMILES string of the molecule is C=C(C)C(=O)OCC.CCC(N)CC.COS(=O)(=O)O. The summed E-state index contributed by atoms with van der Waals surface area (Å²) in [6, 6.07) is 0.435. The summed E-state index contributed by atoms with van der Waals surface area (Å²) in [5, 5.41) is 0. The first-order chi connectivity index (χ1) is 9.05. The van der Waals surface area contributed by atoms with Crippen LogP contribution in [-0.4, -0.2) is 38.7 Å². The van der Waals surface area contributed by atoms with Gasteiger partial charge in [0.05, 0.1) is 13.7 Å². The van der Waals surface area contributed by atoms with Gasteiger partial charge >= 0.3 is 16.4 Å². The zero-order valence-electron chi connectivity index (χ0n) is 12.9. The fourth-order valence-corrected chi connectivity index (χ4v) is 0.543. The summed E-state index contributed by atoms with van der Waals surface area (Å²) < 4.78 is 34.3. The lowest BCUT2D eigenvalue weighted by Crippen LogP contribution is -2.16. The number of hydrogen-bond donors (Lipinski definition) is 2. The number of hydrogen-bond acceptors (Lipinski definition) is 6. The fourth-order valence-electron chi connectivity index (χ4n) is 0.543. The topological polar surface area (TPSA) is 116 Å². The van der Waals surface area contributed by atoms with E-state index >= 15 is 0 Å². The summed E-state index contributed by atoms with van der Waals surface area (Å²) >= 11 is 0. The van der Waals surface area contributed by atoms with E-state index in [1.807, 2.05) is 0 Å². The molecule has 0 aliphatic heterocycles. The molecule has 0 aromatic heterocycles. The molecule has 0 heterocycles. The van der Waals surface area contributed by atoms with E-state index in [-0.39, 0.29) is 5.97 Å². The average molecular weight is 313 g/mol. The second-order valence-corrected chi connectivity index (χ2v) is 4.86. The van der Waals surface area contributed by atoms with E-state index in [0.717, 1.165) is 20.0 Å². The molecule has 0 aromatic rings. The highest BCUT2D eigenvalue weighted by Crippen LogP contribution is 1.89. The van der Waals surface area contributed by atoms with Crippen molar-refractivity contribution in [2.45, 2.75) is 46.6 Å². The normalized spacial score (nSPS) is 9.80. The molecule has 0 aromatic carbocycles. The van der Waals surface area contributed by atoms with Crippen LogP contribution in [-0.2, 0) is 24.1 Å². The van der Waals surface area contributed by atoms with E-state index in [1.165, 1.54) is 0 Å². The van der Waals surface area contributed by atoms with Crippen LogP contribution in [0, 0.1) is 0 Å². The monoisotopic (exact) mass is 313 g/mol. The van der Waals surface area contributed by atoms with Gasteiger partial charge in [0, 0.05) is 11.6 Å². The number of carbonyl (C=O) groups is 1. The van der Waals surface area contributed by atoms with Crippen molar-refractivity contribution in [3.8, 4) is 0 Å². The van der Waals surface area contributed by atoms with Crippen LogP contribution in [0.1, 0.15) is 40.5 Å². The van der Waals surface area contributed by atoms with E-state index in [9.17, 15) is 13.2 Å². The van der Waals surface area contributed by atoms with Crippen LogP contribution in [0.3, 0.4) is 0 Å². The van der Waals surface area contributed by atoms with Crippen LogP contribution in [0.2, 0.25) is 0 Å². The van der Waals surface area contributed by atoms with Crippen molar-refractivity contribution in [1.82, 2.24) is 0 Å². The summed E-state index contributed by atoms with van der Waals surface area (Å²) in [7, 11) is -3.29. The van der Waals surface area contributed by atoms with Crippen LogP contribution in [0.5, 0.6) is 0 Å². The Labute approximate surface area is 122 Å². The number of carbonyl (C=O) groups excluding carboxylic acids is 1. The molecule has 0 fully saturated rings. The first-order valence-electron chi connectivity index (χ1n) is 6.16. The number of esters is 1. The second kappa shape index (κ2) is 14.4. The minimum absolute atomic E-state index is 0.312. The Hall–Kier alpha value is -0.960. The first-order valence-corrected chi connectivity index (χ1v) is 7.53. The van der Waals surface area contributed by atoms with Crippen molar-refractivity contribution >= 4 is 16.4 Å². The first kappa shape index (κ1) is 24.1. The van der Waals surface area contributed by atoms with Crippen LogP contribution in [0.25, 0.3) is 0 Å². The van der Waals surface area contributed by atoms with Crippen LogP contribution in [0.15, 0.2) is 12.2 Å². The van der Waals surface area contributed by atoms with Gasteiger partial charge in [-0.25, -0.2) is 4.79 Å². The molecule has 7 nitrogen and oxygen atoms in total. The zero-order valence-corrected chi connectivity index (χ0v) is 13.7. The standard InChI is InChI=1S/C6H10O2.C5H13N.CH4O4S/c1-4-8-6(7)5(2)3;1-3-5(6)4-2;1-5-6(2,3)4/h2,4H2,1,3H3;5H,3-4,6H2,1-2H3;1H3,(H,2,3,4). The molecule has 0 bridgehead atoms. The quantitative estimate of drug-likeness (QED) is 0.450. The van der Waals surface area contributed by atoms with Crippen molar-refractivity contribution in [1.29, 1.82) is 0 Å². The van der Waals surface area contributed by atoms with Gasteiger partial charge in [-0.2, -0.15) is 8.42 Å². The van der Waals surface area contributed by atoms with Gasteiger partial charge in [-0.05, 0) is 26.7 Å². The maximum atomic E-state index is 10.4. The molecule has 0 amide bonds. The molecule has 0 atom stereocenters. The molecular weight excluding hydrogens is 286 g/mol. The lowest BCUT2D eigenvalue weighted by molar-refractivity contribution is -0.138. The van der Waals surface area contributed by atoms with Crippen molar-refractivity contribution in [2.24, 2.45) is 5.73 Å². The molecule has 122 valence electrons. The van der Waals surface area contributed by atoms with E-state index in [0.29, 0.717) is 18.2 Å². The van der Waals surface area contributed by atoms with Crippen LogP contribution < -0.4 is 5.73 Å². The highest BCUT2D eigenvalue weighted by atomic mass is 32.3. The van der Waals surface area contributed by atoms with Gasteiger partial charge < -0.3 is 10.5 Å². The van der Waals surface area contributed by atoms with Gasteiger partial charge in [-0.1, -0.05) is 20.4 Å². The highest BCUT2D eigenvalue weighted by molar-refractivity contribution is 7.80. The Morgan fingerprint density at radius 2 is 1.65 bits per heavy atom.